The van der Waals surface area contributed by atoms with E-state index in [-0.39, 0.29) is 5.91 Å². The zero-order chi connectivity index (χ0) is 22.4. The molecule has 3 aromatic rings. The third-order valence-corrected chi connectivity index (χ3v) is 4.52. The maximum Gasteiger partial charge on any atom is 0.251 e. The Hall–Kier alpha value is -3.82. The van der Waals surface area contributed by atoms with Gasteiger partial charge in [-0.15, -0.1) is 0 Å². The molecule has 1 amide bonds. The van der Waals surface area contributed by atoms with Crippen molar-refractivity contribution in [2.75, 3.05) is 39.7 Å². The first-order valence-electron chi connectivity index (χ1n) is 9.64. The summed E-state index contributed by atoms with van der Waals surface area (Å²) in [6.07, 6.45) is 1.47. The fourth-order valence-corrected chi connectivity index (χ4v) is 3.10. The topological polar surface area (TPSA) is 112 Å². The number of rotatable bonds is 9. The van der Waals surface area contributed by atoms with Crippen molar-refractivity contribution in [2.45, 2.75) is 13.8 Å². The minimum absolute atomic E-state index is 0.257. The molecule has 1 aromatic carbocycles. The van der Waals surface area contributed by atoms with Gasteiger partial charge in [-0.3, -0.25) is 4.79 Å². The molecular weight excluding hydrogens is 400 g/mol. The van der Waals surface area contributed by atoms with Gasteiger partial charge in [0.15, 0.2) is 17.3 Å². The molecule has 0 aliphatic carbocycles. The van der Waals surface area contributed by atoms with Gasteiger partial charge in [0.25, 0.3) is 5.91 Å². The van der Waals surface area contributed by atoms with Gasteiger partial charge in [-0.1, -0.05) is 0 Å². The molecule has 164 valence electrons. The highest BCUT2D eigenvalue weighted by Gasteiger charge is 2.16. The van der Waals surface area contributed by atoms with Crippen molar-refractivity contribution in [1.82, 2.24) is 25.1 Å². The zero-order valence-corrected chi connectivity index (χ0v) is 18.2. The standard InChI is InChI=1S/C21H26N6O4/c1-13-8-14(2)27(26-13)19-11-18(24-12-25-19)22-6-7-23-21(28)15-9-16(29-3)20(31-5)17(10-15)30-4/h8-12H,6-7H2,1-5H3,(H,23,28)(H,22,24,25). The van der Waals surface area contributed by atoms with Crippen LogP contribution in [0.3, 0.4) is 0 Å². The van der Waals surface area contributed by atoms with Crippen molar-refractivity contribution in [3.05, 3.63) is 47.5 Å². The first-order valence-corrected chi connectivity index (χ1v) is 9.64. The molecule has 3 rings (SSSR count). The lowest BCUT2D eigenvalue weighted by atomic mass is 10.1. The SMILES string of the molecule is COc1cc(C(=O)NCCNc2cc(-n3nc(C)cc3C)ncn2)cc(OC)c1OC. The van der Waals surface area contributed by atoms with Crippen LogP contribution in [0.5, 0.6) is 17.2 Å². The molecule has 2 aromatic heterocycles. The largest absolute Gasteiger partial charge is 0.493 e. The van der Waals surface area contributed by atoms with Crippen molar-refractivity contribution in [2.24, 2.45) is 0 Å². The van der Waals surface area contributed by atoms with E-state index in [9.17, 15) is 4.79 Å². The number of anilines is 1. The van der Waals surface area contributed by atoms with Gasteiger partial charge in [0.1, 0.15) is 12.1 Å². The van der Waals surface area contributed by atoms with Gasteiger partial charge in [0, 0.05) is 30.4 Å². The summed E-state index contributed by atoms with van der Waals surface area (Å²) < 4.78 is 17.6. The average molecular weight is 426 g/mol. The number of carbonyl (C=O) groups excluding carboxylic acids is 1. The molecule has 0 unspecified atom stereocenters. The number of ether oxygens (including phenoxy) is 3. The summed E-state index contributed by atoms with van der Waals surface area (Å²) in [6.45, 7) is 4.76. The molecule has 0 saturated carbocycles. The minimum Gasteiger partial charge on any atom is -0.493 e. The van der Waals surface area contributed by atoms with E-state index in [0.29, 0.717) is 47.5 Å². The lowest BCUT2D eigenvalue weighted by Crippen LogP contribution is -2.29. The average Bonchev–Trinajstić information content (AvgIpc) is 3.13. The number of aryl methyl sites for hydroxylation is 2. The van der Waals surface area contributed by atoms with Gasteiger partial charge in [-0.05, 0) is 32.0 Å². The minimum atomic E-state index is -0.257. The van der Waals surface area contributed by atoms with Crippen LogP contribution in [0.2, 0.25) is 0 Å². The van der Waals surface area contributed by atoms with Gasteiger partial charge in [-0.25, -0.2) is 14.6 Å². The monoisotopic (exact) mass is 426 g/mol. The second kappa shape index (κ2) is 9.79. The third-order valence-electron chi connectivity index (χ3n) is 4.52. The van der Waals surface area contributed by atoms with E-state index in [4.69, 9.17) is 14.2 Å². The van der Waals surface area contributed by atoms with Crippen LogP contribution in [-0.2, 0) is 0 Å². The summed E-state index contributed by atoms with van der Waals surface area (Å²) in [5.74, 6) is 2.33. The summed E-state index contributed by atoms with van der Waals surface area (Å²) in [4.78, 5) is 21.0. The quantitative estimate of drug-likeness (QED) is 0.501. The Balaban J connectivity index is 1.59. The Morgan fingerprint density at radius 1 is 0.968 bits per heavy atom. The van der Waals surface area contributed by atoms with Crippen LogP contribution in [0.4, 0.5) is 5.82 Å². The molecule has 0 saturated heterocycles. The van der Waals surface area contributed by atoms with Gasteiger partial charge < -0.3 is 24.8 Å². The Morgan fingerprint density at radius 2 is 1.68 bits per heavy atom. The molecule has 2 heterocycles. The van der Waals surface area contributed by atoms with Crippen LogP contribution in [0.15, 0.2) is 30.6 Å². The van der Waals surface area contributed by atoms with E-state index in [1.165, 1.54) is 27.7 Å². The zero-order valence-electron chi connectivity index (χ0n) is 18.2. The first-order chi connectivity index (χ1) is 15.0. The predicted octanol–water partition coefficient (Wildman–Crippen LogP) is 2.15. The summed E-state index contributed by atoms with van der Waals surface area (Å²) in [5.41, 5.74) is 2.31. The molecule has 31 heavy (non-hydrogen) atoms. The van der Waals surface area contributed by atoms with E-state index in [1.54, 1.807) is 22.9 Å². The number of nitrogens with one attached hydrogen (secondary N) is 2. The fourth-order valence-electron chi connectivity index (χ4n) is 3.10. The number of hydrogen-bond acceptors (Lipinski definition) is 8. The van der Waals surface area contributed by atoms with Gasteiger partial charge in [-0.2, -0.15) is 5.10 Å². The summed E-state index contributed by atoms with van der Waals surface area (Å²) in [6, 6.07) is 7.00. The van der Waals surface area contributed by atoms with Crippen molar-refractivity contribution >= 4 is 11.7 Å². The highest BCUT2D eigenvalue weighted by molar-refractivity contribution is 5.95. The third kappa shape index (κ3) is 5.03. The lowest BCUT2D eigenvalue weighted by molar-refractivity contribution is 0.0954. The number of benzene rings is 1. The Morgan fingerprint density at radius 3 is 2.26 bits per heavy atom. The summed E-state index contributed by atoms with van der Waals surface area (Å²) in [5, 5.41) is 10.5. The Kier molecular flexibility index (Phi) is 6.91. The fraction of sp³-hybridized carbons (Fsp3) is 0.333. The number of methoxy groups -OCH3 is 3. The molecule has 0 atom stereocenters. The van der Waals surface area contributed by atoms with Crippen LogP contribution in [0, 0.1) is 13.8 Å². The molecule has 0 spiro atoms. The molecule has 0 radical (unpaired) electrons. The molecule has 10 heteroatoms. The number of aromatic nitrogens is 4. The highest BCUT2D eigenvalue weighted by Crippen LogP contribution is 2.38. The normalized spacial score (nSPS) is 10.5. The summed E-state index contributed by atoms with van der Waals surface area (Å²) >= 11 is 0. The van der Waals surface area contributed by atoms with Gasteiger partial charge >= 0.3 is 0 Å². The maximum atomic E-state index is 12.5. The van der Waals surface area contributed by atoms with E-state index in [2.05, 4.69) is 25.7 Å². The number of nitrogens with zero attached hydrogens (tertiary/aromatic N) is 4. The van der Waals surface area contributed by atoms with Crippen molar-refractivity contribution in [1.29, 1.82) is 0 Å². The van der Waals surface area contributed by atoms with E-state index in [0.717, 1.165) is 11.4 Å². The van der Waals surface area contributed by atoms with Gasteiger partial charge in [0.05, 0.1) is 27.0 Å². The maximum absolute atomic E-state index is 12.5. The van der Waals surface area contributed by atoms with Gasteiger partial charge in [0.2, 0.25) is 5.75 Å². The van der Waals surface area contributed by atoms with Crippen LogP contribution >= 0.6 is 0 Å². The number of hydrogen-bond donors (Lipinski definition) is 2. The van der Waals surface area contributed by atoms with Crippen molar-refractivity contribution in [3.8, 4) is 23.1 Å². The van der Waals surface area contributed by atoms with E-state index >= 15 is 0 Å². The van der Waals surface area contributed by atoms with Crippen molar-refractivity contribution in [3.63, 3.8) is 0 Å². The van der Waals surface area contributed by atoms with Crippen LogP contribution in [0.1, 0.15) is 21.7 Å². The van der Waals surface area contributed by atoms with E-state index in [1.807, 2.05) is 19.9 Å². The van der Waals surface area contributed by atoms with Crippen LogP contribution in [0.25, 0.3) is 5.82 Å². The Labute approximate surface area is 180 Å². The first kappa shape index (κ1) is 21.9. The second-order valence-corrected chi connectivity index (χ2v) is 6.70. The summed E-state index contributed by atoms with van der Waals surface area (Å²) in [7, 11) is 4.52. The Bertz CT molecular complexity index is 1040. The predicted molar refractivity (Wildman–Crippen MR) is 116 cm³/mol. The number of carbonyl (C=O) groups is 1. The molecule has 0 bridgehead atoms. The molecular formula is C21H26N6O4. The lowest BCUT2D eigenvalue weighted by Gasteiger charge is -2.14. The van der Waals surface area contributed by atoms with Crippen molar-refractivity contribution < 1.29 is 19.0 Å². The smallest absolute Gasteiger partial charge is 0.251 e. The molecule has 0 aliphatic rings. The molecule has 2 N–H and O–H groups in total. The highest BCUT2D eigenvalue weighted by atomic mass is 16.5. The van der Waals surface area contributed by atoms with E-state index < -0.39 is 0 Å². The molecule has 0 fully saturated rings. The second-order valence-electron chi connectivity index (χ2n) is 6.70. The number of amides is 1. The molecule has 10 nitrogen and oxygen atoms in total. The van der Waals surface area contributed by atoms with Crippen LogP contribution in [-0.4, -0.2) is 60.1 Å². The molecule has 0 aliphatic heterocycles. The van der Waals surface area contributed by atoms with Crippen LogP contribution < -0.4 is 24.8 Å².